The van der Waals surface area contributed by atoms with E-state index in [2.05, 4.69) is 10.3 Å². The third-order valence-electron chi connectivity index (χ3n) is 4.16. The van der Waals surface area contributed by atoms with Gasteiger partial charge < -0.3 is 19.7 Å². The molecule has 9 heteroatoms. The summed E-state index contributed by atoms with van der Waals surface area (Å²) in [6, 6.07) is 4.35. The van der Waals surface area contributed by atoms with Gasteiger partial charge in [-0.25, -0.2) is 9.37 Å². The van der Waals surface area contributed by atoms with E-state index in [1.165, 1.54) is 41.5 Å². The Morgan fingerprint density at radius 3 is 2.81 bits per heavy atom. The summed E-state index contributed by atoms with van der Waals surface area (Å²) in [6.07, 6.45) is 3.37. The van der Waals surface area contributed by atoms with Crippen LogP contribution >= 0.6 is 0 Å². The summed E-state index contributed by atoms with van der Waals surface area (Å²) in [5.74, 6) is -0.621. The lowest BCUT2D eigenvalue weighted by atomic mass is 10.1. The Balaban J connectivity index is 2.05. The number of ether oxygens (including phenoxy) is 1. The van der Waals surface area contributed by atoms with E-state index in [4.69, 9.17) is 9.84 Å². The highest BCUT2D eigenvalue weighted by Gasteiger charge is 2.17. The van der Waals surface area contributed by atoms with Crippen LogP contribution in [0.15, 0.2) is 35.4 Å². The first-order chi connectivity index (χ1) is 13.0. The van der Waals surface area contributed by atoms with Crippen molar-refractivity contribution < 1.29 is 19.0 Å². The Hall–Kier alpha value is -3.20. The number of benzene rings is 1. The van der Waals surface area contributed by atoms with Crippen molar-refractivity contribution in [3.63, 3.8) is 0 Å². The summed E-state index contributed by atoms with van der Waals surface area (Å²) < 4.78 is 22.1. The number of imidazole rings is 1. The average Bonchev–Trinajstić information content (AvgIpc) is 3.09. The molecule has 142 valence electrons. The zero-order chi connectivity index (χ0) is 19.6. The third-order valence-corrected chi connectivity index (χ3v) is 4.16. The van der Waals surface area contributed by atoms with Crippen molar-refractivity contribution in [1.29, 1.82) is 0 Å². The fraction of sp³-hybridized carbons (Fsp3) is 0.278. The Bertz CT molecular complexity index is 1060. The maximum atomic E-state index is 14.4. The summed E-state index contributed by atoms with van der Waals surface area (Å²) in [5, 5.41) is 11.4. The Kier molecular flexibility index (Phi) is 5.22. The lowest BCUT2D eigenvalue weighted by Crippen LogP contribution is -2.25. The molecule has 0 saturated heterocycles. The minimum Gasteiger partial charge on any atom is -0.497 e. The van der Waals surface area contributed by atoms with E-state index in [9.17, 15) is 14.0 Å². The van der Waals surface area contributed by atoms with E-state index < -0.39 is 17.3 Å². The molecule has 1 aromatic carbocycles. The number of methoxy groups -OCH3 is 1. The monoisotopic (exact) mass is 374 g/mol. The molecule has 0 aliphatic carbocycles. The molecule has 2 heterocycles. The van der Waals surface area contributed by atoms with Gasteiger partial charge in [0.05, 0.1) is 12.8 Å². The number of aromatic nitrogens is 3. The predicted molar refractivity (Wildman–Crippen MR) is 96.4 cm³/mol. The largest absolute Gasteiger partial charge is 0.497 e. The van der Waals surface area contributed by atoms with E-state index in [1.807, 2.05) is 0 Å². The van der Waals surface area contributed by atoms with Crippen molar-refractivity contribution in [3.8, 4) is 17.0 Å². The zero-order valence-corrected chi connectivity index (χ0v) is 14.9. The number of carbonyl (C=O) groups is 1. The summed E-state index contributed by atoms with van der Waals surface area (Å²) in [6.45, 7) is 0.256. The highest BCUT2D eigenvalue weighted by molar-refractivity contribution is 5.92. The van der Waals surface area contributed by atoms with Gasteiger partial charge in [-0.15, -0.1) is 0 Å². The molecule has 0 unspecified atom stereocenters. The van der Waals surface area contributed by atoms with E-state index >= 15 is 0 Å². The normalized spacial score (nSPS) is 11.0. The molecule has 3 rings (SSSR count). The summed E-state index contributed by atoms with van der Waals surface area (Å²) in [7, 11) is 2.95. The highest BCUT2D eigenvalue weighted by Crippen LogP contribution is 2.25. The van der Waals surface area contributed by atoms with E-state index in [-0.39, 0.29) is 23.5 Å². The van der Waals surface area contributed by atoms with Gasteiger partial charge in [0.15, 0.2) is 0 Å². The van der Waals surface area contributed by atoms with Gasteiger partial charge >= 0.3 is 0 Å². The quantitative estimate of drug-likeness (QED) is 0.627. The molecule has 0 atom stereocenters. The minimum atomic E-state index is -0.536. The topological polar surface area (TPSA) is 97.9 Å². The molecule has 1 amide bonds. The molecule has 0 bridgehead atoms. The lowest BCUT2D eigenvalue weighted by molar-refractivity contribution is 0.0946. The fourth-order valence-corrected chi connectivity index (χ4v) is 2.69. The standard InChI is InChI=1S/C18H19FN4O4/c1-22-15(12-5-4-11(27-2)8-13(12)19)10-23-9-14(21-16(23)18(22)26)17(25)20-6-3-7-24/h4-5,8-10,24H,3,6-7H2,1-2H3,(H,20,25). The van der Waals surface area contributed by atoms with Gasteiger partial charge in [-0.3, -0.25) is 14.0 Å². The number of fused-ring (bicyclic) bond motifs is 1. The van der Waals surface area contributed by atoms with Crippen LogP contribution in [-0.4, -0.2) is 45.2 Å². The number of aliphatic hydroxyl groups is 1. The number of nitrogens with one attached hydrogen (secondary N) is 1. The highest BCUT2D eigenvalue weighted by atomic mass is 19.1. The number of halogens is 1. The van der Waals surface area contributed by atoms with Gasteiger partial charge in [0.2, 0.25) is 5.65 Å². The smallest absolute Gasteiger partial charge is 0.294 e. The van der Waals surface area contributed by atoms with E-state index in [1.54, 1.807) is 12.3 Å². The zero-order valence-electron chi connectivity index (χ0n) is 14.9. The van der Waals surface area contributed by atoms with E-state index in [0.717, 1.165) is 0 Å². The Labute approximate surface area is 153 Å². The van der Waals surface area contributed by atoms with Crippen LogP contribution in [0, 0.1) is 5.82 Å². The van der Waals surface area contributed by atoms with Crippen LogP contribution in [-0.2, 0) is 7.05 Å². The van der Waals surface area contributed by atoms with Gasteiger partial charge in [0, 0.05) is 44.2 Å². The molecule has 0 saturated carbocycles. The fourth-order valence-electron chi connectivity index (χ4n) is 2.69. The second kappa shape index (κ2) is 7.58. The predicted octanol–water partition coefficient (Wildman–Crippen LogP) is 0.960. The van der Waals surface area contributed by atoms with Gasteiger partial charge in [0.1, 0.15) is 17.3 Å². The van der Waals surface area contributed by atoms with Crippen molar-refractivity contribution in [1.82, 2.24) is 19.3 Å². The number of aliphatic hydroxyl groups excluding tert-OH is 1. The number of hydrogen-bond acceptors (Lipinski definition) is 5. The first kappa shape index (κ1) is 18.6. The first-order valence-electron chi connectivity index (χ1n) is 8.28. The second-order valence-corrected chi connectivity index (χ2v) is 5.91. The molecule has 0 aliphatic rings. The van der Waals surface area contributed by atoms with Crippen LogP contribution in [0.5, 0.6) is 5.75 Å². The molecule has 2 N–H and O–H groups in total. The van der Waals surface area contributed by atoms with Crippen LogP contribution in [0.25, 0.3) is 16.9 Å². The van der Waals surface area contributed by atoms with Crippen LogP contribution in [0.3, 0.4) is 0 Å². The maximum Gasteiger partial charge on any atom is 0.294 e. The van der Waals surface area contributed by atoms with Crippen molar-refractivity contribution in [3.05, 3.63) is 52.5 Å². The third kappa shape index (κ3) is 3.54. The van der Waals surface area contributed by atoms with Crippen molar-refractivity contribution in [2.75, 3.05) is 20.3 Å². The molecule has 0 aliphatic heterocycles. The molecular weight excluding hydrogens is 355 g/mol. The van der Waals surface area contributed by atoms with Gasteiger partial charge in [0.25, 0.3) is 11.5 Å². The maximum absolute atomic E-state index is 14.4. The molecule has 0 radical (unpaired) electrons. The lowest BCUT2D eigenvalue weighted by Gasteiger charge is -2.11. The number of amides is 1. The van der Waals surface area contributed by atoms with Crippen LogP contribution in [0.1, 0.15) is 16.9 Å². The molecular formula is C18H19FN4O4. The molecule has 3 aromatic rings. The SMILES string of the molecule is COc1ccc(-c2cn3cc(C(=O)NCCCO)nc3c(=O)n2C)c(F)c1. The Morgan fingerprint density at radius 1 is 1.37 bits per heavy atom. The molecule has 27 heavy (non-hydrogen) atoms. The van der Waals surface area contributed by atoms with Gasteiger partial charge in [-0.1, -0.05) is 0 Å². The van der Waals surface area contributed by atoms with Crippen LogP contribution < -0.4 is 15.6 Å². The van der Waals surface area contributed by atoms with Crippen molar-refractivity contribution >= 4 is 11.6 Å². The van der Waals surface area contributed by atoms with Crippen molar-refractivity contribution in [2.45, 2.75) is 6.42 Å². The first-order valence-corrected chi connectivity index (χ1v) is 8.28. The average molecular weight is 374 g/mol. The minimum absolute atomic E-state index is 0.0389. The molecule has 0 spiro atoms. The number of hydrogen-bond donors (Lipinski definition) is 2. The van der Waals surface area contributed by atoms with Crippen LogP contribution in [0.4, 0.5) is 4.39 Å². The van der Waals surface area contributed by atoms with Crippen molar-refractivity contribution in [2.24, 2.45) is 7.05 Å². The number of carbonyl (C=O) groups excluding carboxylic acids is 1. The number of rotatable bonds is 6. The summed E-state index contributed by atoms with van der Waals surface area (Å²) in [4.78, 5) is 28.8. The molecule has 8 nitrogen and oxygen atoms in total. The molecule has 0 fully saturated rings. The summed E-state index contributed by atoms with van der Waals surface area (Å²) >= 11 is 0. The number of nitrogens with zero attached hydrogens (tertiary/aromatic N) is 3. The van der Waals surface area contributed by atoms with E-state index in [0.29, 0.717) is 24.4 Å². The second-order valence-electron chi connectivity index (χ2n) is 5.91. The van der Waals surface area contributed by atoms with Gasteiger partial charge in [-0.2, -0.15) is 0 Å². The summed E-state index contributed by atoms with van der Waals surface area (Å²) in [5.41, 5.74) is 0.217. The van der Waals surface area contributed by atoms with Crippen LogP contribution in [0.2, 0.25) is 0 Å². The molecule has 2 aromatic heterocycles. The van der Waals surface area contributed by atoms with Gasteiger partial charge in [-0.05, 0) is 18.6 Å². The Morgan fingerprint density at radius 2 is 2.15 bits per heavy atom.